The Bertz CT molecular complexity index is 439. The summed E-state index contributed by atoms with van der Waals surface area (Å²) in [5.41, 5.74) is 2.12. The van der Waals surface area contributed by atoms with E-state index in [1.165, 1.54) is 17.9 Å². The number of aromatic nitrogens is 3. The van der Waals surface area contributed by atoms with Gasteiger partial charge in [0.1, 0.15) is 0 Å². The predicted octanol–water partition coefficient (Wildman–Crippen LogP) is 2.82. The van der Waals surface area contributed by atoms with Crippen molar-refractivity contribution in [3.63, 3.8) is 0 Å². The third kappa shape index (κ3) is 3.77. The average Bonchev–Trinajstić information content (AvgIpc) is 2.93. The van der Waals surface area contributed by atoms with Gasteiger partial charge in [-0.05, 0) is 42.2 Å². The van der Waals surface area contributed by atoms with E-state index in [2.05, 4.69) is 34.6 Å². The third-order valence-corrected chi connectivity index (χ3v) is 3.50. The van der Waals surface area contributed by atoms with Gasteiger partial charge in [0.25, 0.3) is 0 Å². The Hall–Kier alpha value is -1.49. The Labute approximate surface area is 112 Å². The summed E-state index contributed by atoms with van der Waals surface area (Å²) in [4.78, 5) is 1.61. The van der Waals surface area contributed by atoms with Crippen LogP contribution in [0.2, 0.25) is 0 Å². The van der Waals surface area contributed by atoms with Gasteiger partial charge in [0.15, 0.2) is 0 Å². The van der Waals surface area contributed by atoms with E-state index in [1.54, 1.807) is 17.2 Å². The van der Waals surface area contributed by atoms with Crippen LogP contribution >= 0.6 is 11.8 Å². The van der Waals surface area contributed by atoms with Gasteiger partial charge in [-0.15, -0.1) is 0 Å². The summed E-state index contributed by atoms with van der Waals surface area (Å²) in [5.74, 6) is 2.42. The normalized spacial score (nSPS) is 10.5. The summed E-state index contributed by atoms with van der Waals surface area (Å²) in [5, 5.41) is 11.6. The lowest BCUT2D eigenvalue weighted by Gasteiger charge is -2.06. The van der Waals surface area contributed by atoms with Gasteiger partial charge in [-0.1, -0.05) is 6.92 Å². The summed E-state index contributed by atoms with van der Waals surface area (Å²) >= 11 is 1.98. The number of thioether (sulfide) groups is 1. The van der Waals surface area contributed by atoms with Crippen LogP contribution in [0.3, 0.4) is 0 Å². The van der Waals surface area contributed by atoms with Gasteiger partial charge in [-0.3, -0.25) is 0 Å². The SMILES string of the molecule is CCSCCCNc1ccc(-n2nccn2)cc1. The molecule has 5 heteroatoms. The third-order valence-electron chi connectivity index (χ3n) is 2.52. The second-order valence-electron chi connectivity index (χ2n) is 3.84. The molecular weight excluding hydrogens is 244 g/mol. The maximum absolute atomic E-state index is 4.09. The van der Waals surface area contributed by atoms with Crippen molar-refractivity contribution in [2.75, 3.05) is 23.4 Å². The molecule has 0 aliphatic rings. The molecule has 1 aromatic heterocycles. The van der Waals surface area contributed by atoms with Crippen molar-refractivity contribution in [3.05, 3.63) is 36.7 Å². The number of hydrogen-bond acceptors (Lipinski definition) is 4. The van der Waals surface area contributed by atoms with E-state index in [0.717, 1.165) is 17.9 Å². The number of hydrogen-bond donors (Lipinski definition) is 1. The highest BCUT2D eigenvalue weighted by atomic mass is 32.2. The highest BCUT2D eigenvalue weighted by Crippen LogP contribution is 2.12. The molecule has 18 heavy (non-hydrogen) atoms. The van der Waals surface area contributed by atoms with Crippen molar-refractivity contribution in [2.24, 2.45) is 0 Å². The van der Waals surface area contributed by atoms with E-state index >= 15 is 0 Å². The van der Waals surface area contributed by atoms with Gasteiger partial charge >= 0.3 is 0 Å². The van der Waals surface area contributed by atoms with Crippen LogP contribution in [0.15, 0.2) is 36.7 Å². The maximum Gasteiger partial charge on any atom is 0.0858 e. The first-order valence-electron chi connectivity index (χ1n) is 6.18. The molecule has 0 amide bonds. The molecule has 0 atom stereocenters. The summed E-state index contributed by atoms with van der Waals surface area (Å²) < 4.78 is 0. The van der Waals surface area contributed by atoms with E-state index in [0.29, 0.717) is 0 Å². The number of rotatable bonds is 7. The minimum atomic E-state index is 0.979. The first kappa shape index (κ1) is 13.0. The van der Waals surface area contributed by atoms with E-state index < -0.39 is 0 Å². The molecule has 96 valence electrons. The molecule has 0 saturated heterocycles. The Kier molecular flexibility index (Phi) is 5.08. The number of benzene rings is 1. The smallest absolute Gasteiger partial charge is 0.0858 e. The highest BCUT2D eigenvalue weighted by Gasteiger charge is 1.97. The van der Waals surface area contributed by atoms with Crippen molar-refractivity contribution in [2.45, 2.75) is 13.3 Å². The summed E-state index contributed by atoms with van der Waals surface area (Å²) in [6.45, 7) is 3.21. The monoisotopic (exact) mass is 262 g/mol. The molecule has 0 aliphatic heterocycles. The minimum absolute atomic E-state index is 0.979. The number of anilines is 1. The van der Waals surface area contributed by atoms with Crippen LogP contribution in [-0.4, -0.2) is 33.0 Å². The lowest BCUT2D eigenvalue weighted by Crippen LogP contribution is -2.03. The Morgan fingerprint density at radius 1 is 1.17 bits per heavy atom. The van der Waals surface area contributed by atoms with E-state index in [4.69, 9.17) is 0 Å². The minimum Gasteiger partial charge on any atom is -0.385 e. The summed E-state index contributed by atoms with van der Waals surface area (Å²) in [7, 11) is 0. The highest BCUT2D eigenvalue weighted by molar-refractivity contribution is 7.99. The Morgan fingerprint density at radius 2 is 1.89 bits per heavy atom. The number of nitrogens with zero attached hydrogens (tertiary/aromatic N) is 3. The van der Waals surface area contributed by atoms with Crippen LogP contribution in [0.4, 0.5) is 5.69 Å². The molecule has 1 heterocycles. The second-order valence-corrected chi connectivity index (χ2v) is 5.24. The zero-order valence-electron chi connectivity index (χ0n) is 10.5. The molecule has 0 saturated carbocycles. The average molecular weight is 262 g/mol. The first-order chi connectivity index (χ1) is 8.90. The Balaban J connectivity index is 1.81. The molecule has 0 bridgehead atoms. The Morgan fingerprint density at radius 3 is 2.56 bits per heavy atom. The molecule has 0 unspecified atom stereocenters. The van der Waals surface area contributed by atoms with Crippen molar-refractivity contribution >= 4 is 17.4 Å². The molecule has 1 aromatic carbocycles. The molecule has 0 spiro atoms. The van der Waals surface area contributed by atoms with Crippen molar-refractivity contribution in [1.29, 1.82) is 0 Å². The molecule has 2 rings (SSSR count). The second kappa shape index (κ2) is 7.06. The quantitative estimate of drug-likeness (QED) is 0.779. The number of nitrogens with one attached hydrogen (secondary N) is 1. The standard InChI is InChI=1S/C13H18N4S/c1-2-18-11-3-8-14-12-4-6-13(7-5-12)17-15-9-10-16-17/h4-7,9-10,14H,2-3,8,11H2,1H3. The largest absolute Gasteiger partial charge is 0.385 e. The van der Waals surface area contributed by atoms with E-state index in [1.807, 2.05) is 23.9 Å². The summed E-state index contributed by atoms with van der Waals surface area (Å²) in [6, 6.07) is 8.16. The fourth-order valence-electron chi connectivity index (χ4n) is 1.61. The van der Waals surface area contributed by atoms with Crippen LogP contribution in [-0.2, 0) is 0 Å². The lowest BCUT2D eigenvalue weighted by atomic mass is 10.3. The molecule has 2 aromatic rings. The topological polar surface area (TPSA) is 42.7 Å². The van der Waals surface area contributed by atoms with Gasteiger partial charge < -0.3 is 5.32 Å². The first-order valence-corrected chi connectivity index (χ1v) is 7.34. The van der Waals surface area contributed by atoms with Crippen molar-refractivity contribution in [3.8, 4) is 5.69 Å². The fraction of sp³-hybridized carbons (Fsp3) is 0.385. The zero-order valence-corrected chi connectivity index (χ0v) is 11.4. The molecule has 1 N–H and O–H groups in total. The van der Waals surface area contributed by atoms with Gasteiger partial charge in [0.05, 0.1) is 18.1 Å². The van der Waals surface area contributed by atoms with Crippen molar-refractivity contribution in [1.82, 2.24) is 15.0 Å². The molecule has 4 nitrogen and oxygen atoms in total. The van der Waals surface area contributed by atoms with Crippen LogP contribution in [0.1, 0.15) is 13.3 Å². The van der Waals surface area contributed by atoms with Gasteiger partial charge in [0, 0.05) is 12.2 Å². The van der Waals surface area contributed by atoms with E-state index in [9.17, 15) is 0 Å². The molecular formula is C13H18N4S. The molecule has 0 fully saturated rings. The van der Waals surface area contributed by atoms with Crippen molar-refractivity contribution < 1.29 is 0 Å². The van der Waals surface area contributed by atoms with Crippen LogP contribution < -0.4 is 5.32 Å². The van der Waals surface area contributed by atoms with Gasteiger partial charge in [0.2, 0.25) is 0 Å². The summed E-state index contributed by atoms with van der Waals surface area (Å²) in [6.07, 6.45) is 4.55. The zero-order chi connectivity index (χ0) is 12.6. The van der Waals surface area contributed by atoms with Crippen LogP contribution in [0, 0.1) is 0 Å². The van der Waals surface area contributed by atoms with Gasteiger partial charge in [-0.2, -0.15) is 26.8 Å². The van der Waals surface area contributed by atoms with Crippen LogP contribution in [0.25, 0.3) is 5.69 Å². The lowest BCUT2D eigenvalue weighted by molar-refractivity contribution is 0.752. The molecule has 0 aliphatic carbocycles. The van der Waals surface area contributed by atoms with Gasteiger partial charge in [-0.25, -0.2) is 0 Å². The fourth-order valence-corrected chi connectivity index (χ4v) is 2.25. The predicted molar refractivity (Wildman–Crippen MR) is 77.5 cm³/mol. The van der Waals surface area contributed by atoms with Crippen LogP contribution in [0.5, 0.6) is 0 Å². The molecule has 0 radical (unpaired) electrons. The maximum atomic E-state index is 4.09. The van der Waals surface area contributed by atoms with E-state index in [-0.39, 0.29) is 0 Å².